The third-order valence-electron chi connectivity index (χ3n) is 2.08. The lowest BCUT2D eigenvalue weighted by Gasteiger charge is -2.04. The van der Waals surface area contributed by atoms with Gasteiger partial charge in [0.05, 0.1) is 11.5 Å². The monoisotopic (exact) mass is 391 g/mol. The Balaban J connectivity index is 2.16. The first-order chi connectivity index (χ1) is 8.56. The first-order valence-electron chi connectivity index (χ1n) is 4.83. The molecule has 0 aromatic carbocycles. The van der Waals surface area contributed by atoms with E-state index >= 15 is 0 Å². The number of halogens is 2. The van der Waals surface area contributed by atoms with Crippen molar-refractivity contribution in [1.82, 2.24) is 4.98 Å². The van der Waals surface area contributed by atoms with Crippen molar-refractivity contribution in [2.75, 3.05) is 5.32 Å². The topological polar surface area (TPSA) is 68.1 Å². The maximum absolute atomic E-state index is 10.9. The number of anilines is 1. The predicted molar refractivity (Wildman–Crippen MR) is 77.9 cm³/mol. The lowest BCUT2D eigenvalue weighted by molar-refractivity contribution is -0.384. The lowest BCUT2D eigenvalue weighted by atomic mass is 10.4. The molecule has 1 N–H and O–H groups in total. The van der Waals surface area contributed by atoms with E-state index in [0.717, 1.165) is 9.35 Å². The highest BCUT2D eigenvalue weighted by molar-refractivity contribution is 9.10. The SMILES string of the molecule is O=[N+]([O-])c1cc(Br)cnc1NCc1cc(Br)cs1. The van der Waals surface area contributed by atoms with Crippen molar-refractivity contribution in [2.24, 2.45) is 0 Å². The van der Waals surface area contributed by atoms with E-state index in [1.807, 2.05) is 11.4 Å². The minimum atomic E-state index is -0.454. The Bertz CT molecular complexity index is 588. The van der Waals surface area contributed by atoms with E-state index in [4.69, 9.17) is 0 Å². The Morgan fingerprint density at radius 3 is 2.78 bits per heavy atom. The minimum Gasteiger partial charge on any atom is -0.359 e. The van der Waals surface area contributed by atoms with Crippen molar-refractivity contribution < 1.29 is 4.92 Å². The van der Waals surface area contributed by atoms with Gasteiger partial charge in [0.2, 0.25) is 5.82 Å². The van der Waals surface area contributed by atoms with Gasteiger partial charge < -0.3 is 5.32 Å². The van der Waals surface area contributed by atoms with Crippen molar-refractivity contribution in [3.63, 3.8) is 0 Å². The molecular formula is C10H7Br2N3O2S. The molecule has 94 valence electrons. The van der Waals surface area contributed by atoms with Crippen LogP contribution in [0.1, 0.15) is 4.88 Å². The van der Waals surface area contributed by atoms with Crippen molar-refractivity contribution in [2.45, 2.75) is 6.54 Å². The van der Waals surface area contributed by atoms with Gasteiger partial charge in [0.15, 0.2) is 0 Å². The summed E-state index contributed by atoms with van der Waals surface area (Å²) in [7, 11) is 0. The highest BCUT2D eigenvalue weighted by atomic mass is 79.9. The molecule has 0 amide bonds. The standard InChI is InChI=1S/C10H7Br2N3O2S/c11-6-2-9(15(16)17)10(13-3-6)14-4-8-1-7(12)5-18-8/h1-3,5H,4H2,(H,13,14). The van der Waals surface area contributed by atoms with Crippen LogP contribution in [0, 0.1) is 10.1 Å². The third kappa shape index (κ3) is 3.27. The third-order valence-corrected chi connectivity index (χ3v) is 4.21. The summed E-state index contributed by atoms with van der Waals surface area (Å²) in [6, 6.07) is 3.39. The molecule has 0 saturated carbocycles. The summed E-state index contributed by atoms with van der Waals surface area (Å²) >= 11 is 8.09. The Morgan fingerprint density at radius 2 is 2.17 bits per heavy atom. The lowest BCUT2D eigenvalue weighted by Crippen LogP contribution is -2.03. The summed E-state index contributed by atoms with van der Waals surface area (Å²) in [5.41, 5.74) is -0.0417. The predicted octanol–water partition coefficient (Wildman–Crippen LogP) is 4.19. The van der Waals surface area contributed by atoms with E-state index in [1.165, 1.54) is 12.3 Å². The number of hydrogen-bond acceptors (Lipinski definition) is 5. The second-order valence-corrected chi connectivity index (χ2v) is 6.19. The van der Waals surface area contributed by atoms with E-state index in [-0.39, 0.29) is 11.5 Å². The van der Waals surface area contributed by atoms with Gasteiger partial charge in [0.25, 0.3) is 0 Å². The average Bonchev–Trinajstić information content (AvgIpc) is 2.73. The van der Waals surface area contributed by atoms with E-state index < -0.39 is 4.92 Å². The Kier molecular flexibility index (Phi) is 4.31. The summed E-state index contributed by atoms with van der Waals surface area (Å²) in [6.45, 7) is 0.506. The normalized spacial score (nSPS) is 10.3. The smallest absolute Gasteiger partial charge is 0.312 e. The molecule has 0 fully saturated rings. The van der Waals surface area contributed by atoms with Crippen LogP contribution in [-0.2, 0) is 6.54 Å². The number of aromatic nitrogens is 1. The first-order valence-corrected chi connectivity index (χ1v) is 7.29. The Labute approximate surface area is 124 Å². The quantitative estimate of drug-likeness (QED) is 0.625. The molecular weight excluding hydrogens is 386 g/mol. The van der Waals surface area contributed by atoms with E-state index in [2.05, 4.69) is 42.2 Å². The maximum Gasteiger partial charge on any atom is 0.312 e. The number of thiophene rings is 1. The van der Waals surface area contributed by atoms with Crippen molar-refractivity contribution in [3.05, 3.63) is 47.6 Å². The van der Waals surface area contributed by atoms with Crippen LogP contribution >= 0.6 is 43.2 Å². The molecule has 0 atom stereocenters. The number of nitrogens with zero attached hydrogens (tertiary/aromatic N) is 2. The van der Waals surface area contributed by atoms with Crippen LogP contribution in [0.25, 0.3) is 0 Å². The molecule has 2 heterocycles. The zero-order chi connectivity index (χ0) is 13.1. The fourth-order valence-corrected chi connectivity index (χ4v) is 3.03. The fraction of sp³-hybridized carbons (Fsp3) is 0.100. The summed E-state index contributed by atoms with van der Waals surface area (Å²) in [6.07, 6.45) is 1.53. The number of rotatable bonds is 4. The molecule has 2 aromatic heterocycles. The summed E-state index contributed by atoms with van der Waals surface area (Å²) in [5, 5.41) is 15.8. The zero-order valence-corrected chi connectivity index (χ0v) is 12.9. The molecule has 0 radical (unpaired) electrons. The van der Waals surface area contributed by atoms with Crippen LogP contribution in [-0.4, -0.2) is 9.91 Å². The van der Waals surface area contributed by atoms with E-state index in [1.54, 1.807) is 11.3 Å². The van der Waals surface area contributed by atoms with Gasteiger partial charge in [-0.05, 0) is 37.9 Å². The van der Waals surface area contributed by atoms with Gasteiger partial charge in [-0.1, -0.05) is 0 Å². The summed E-state index contributed by atoms with van der Waals surface area (Å²) in [4.78, 5) is 15.5. The van der Waals surface area contributed by atoms with Crippen molar-refractivity contribution in [3.8, 4) is 0 Å². The molecule has 0 saturated heterocycles. The van der Waals surface area contributed by atoms with E-state index in [0.29, 0.717) is 11.0 Å². The highest BCUT2D eigenvalue weighted by Gasteiger charge is 2.15. The summed E-state index contributed by atoms with van der Waals surface area (Å²) in [5.74, 6) is 0.271. The summed E-state index contributed by atoms with van der Waals surface area (Å²) < 4.78 is 1.58. The van der Waals surface area contributed by atoms with Crippen LogP contribution in [0.2, 0.25) is 0 Å². The molecule has 2 rings (SSSR count). The fourth-order valence-electron chi connectivity index (χ4n) is 1.32. The first kappa shape index (κ1) is 13.4. The van der Waals surface area contributed by atoms with Crippen LogP contribution in [0.15, 0.2) is 32.7 Å². The van der Waals surface area contributed by atoms with Crippen LogP contribution in [0.4, 0.5) is 11.5 Å². The van der Waals surface area contributed by atoms with Gasteiger partial charge >= 0.3 is 5.69 Å². The molecule has 5 nitrogen and oxygen atoms in total. The largest absolute Gasteiger partial charge is 0.359 e. The molecule has 0 aliphatic rings. The molecule has 0 spiro atoms. The Morgan fingerprint density at radius 1 is 1.39 bits per heavy atom. The Hall–Kier alpha value is -0.990. The van der Waals surface area contributed by atoms with Crippen LogP contribution in [0.5, 0.6) is 0 Å². The van der Waals surface area contributed by atoms with Gasteiger partial charge in [0, 0.05) is 31.5 Å². The zero-order valence-electron chi connectivity index (χ0n) is 8.89. The molecule has 0 aliphatic heterocycles. The second-order valence-electron chi connectivity index (χ2n) is 3.36. The van der Waals surface area contributed by atoms with Gasteiger partial charge in [-0.25, -0.2) is 4.98 Å². The molecule has 0 aliphatic carbocycles. The minimum absolute atomic E-state index is 0.0417. The van der Waals surface area contributed by atoms with E-state index in [9.17, 15) is 10.1 Å². The average molecular weight is 393 g/mol. The van der Waals surface area contributed by atoms with Crippen molar-refractivity contribution >= 4 is 54.7 Å². The van der Waals surface area contributed by atoms with Gasteiger partial charge in [0.1, 0.15) is 0 Å². The molecule has 0 unspecified atom stereocenters. The van der Waals surface area contributed by atoms with Gasteiger partial charge in [-0.2, -0.15) is 0 Å². The van der Waals surface area contributed by atoms with Crippen molar-refractivity contribution in [1.29, 1.82) is 0 Å². The molecule has 8 heteroatoms. The highest BCUT2D eigenvalue weighted by Crippen LogP contribution is 2.27. The van der Waals surface area contributed by atoms with Gasteiger partial charge in [-0.3, -0.25) is 10.1 Å². The van der Waals surface area contributed by atoms with Crippen LogP contribution in [0.3, 0.4) is 0 Å². The van der Waals surface area contributed by atoms with Gasteiger partial charge in [-0.15, -0.1) is 11.3 Å². The number of nitro groups is 1. The second kappa shape index (κ2) is 5.77. The van der Waals surface area contributed by atoms with Crippen LogP contribution < -0.4 is 5.32 Å². The maximum atomic E-state index is 10.9. The number of nitrogens with one attached hydrogen (secondary N) is 1. The molecule has 2 aromatic rings. The molecule has 18 heavy (non-hydrogen) atoms. The number of hydrogen-bond donors (Lipinski definition) is 1. The molecule has 0 bridgehead atoms. The number of pyridine rings is 1.